The number of hydrogen-bond acceptors (Lipinski definition) is 3. The molecule has 0 atom stereocenters. The molecule has 31 heavy (non-hydrogen) atoms. The second-order valence-corrected chi connectivity index (χ2v) is 9.22. The zero-order valence-electron chi connectivity index (χ0n) is 16.1. The van der Waals surface area contributed by atoms with Crippen LogP contribution in [0.15, 0.2) is 65.6 Å². The molecule has 0 aliphatic heterocycles. The summed E-state index contributed by atoms with van der Waals surface area (Å²) in [4.78, 5) is 12.6. The molecule has 3 aromatic rings. The van der Waals surface area contributed by atoms with E-state index in [0.29, 0.717) is 0 Å². The minimum Gasteiger partial charge on any atom is -0.324 e. The highest BCUT2D eigenvalue weighted by molar-refractivity contribution is 7.92. The van der Waals surface area contributed by atoms with Gasteiger partial charge in [0.15, 0.2) is 11.6 Å². The first-order valence-corrected chi connectivity index (χ1v) is 11.1. The van der Waals surface area contributed by atoms with Crippen molar-refractivity contribution in [3.8, 4) is 0 Å². The third-order valence-corrected chi connectivity index (χ3v) is 6.88. The molecule has 10 heteroatoms. The first-order chi connectivity index (χ1) is 14.6. The van der Waals surface area contributed by atoms with E-state index in [4.69, 9.17) is 23.2 Å². The molecule has 0 aromatic heterocycles. The Morgan fingerprint density at radius 1 is 1.00 bits per heavy atom. The number of anilines is 2. The number of nitrogens with one attached hydrogen (secondary N) is 1. The van der Waals surface area contributed by atoms with Gasteiger partial charge in [0.1, 0.15) is 6.54 Å². The second-order valence-electron chi connectivity index (χ2n) is 6.57. The van der Waals surface area contributed by atoms with Gasteiger partial charge in [-0.05, 0) is 43.3 Å². The molecule has 0 fully saturated rings. The molecule has 0 heterocycles. The normalized spacial score (nSPS) is 11.3. The van der Waals surface area contributed by atoms with Gasteiger partial charge < -0.3 is 5.32 Å². The Morgan fingerprint density at radius 3 is 2.32 bits per heavy atom. The maximum atomic E-state index is 13.4. The maximum Gasteiger partial charge on any atom is 0.264 e. The Kier molecular flexibility index (Phi) is 6.83. The third-order valence-electron chi connectivity index (χ3n) is 4.30. The number of carbonyl (C=O) groups is 1. The van der Waals surface area contributed by atoms with Crippen molar-refractivity contribution in [2.24, 2.45) is 0 Å². The Labute approximate surface area is 188 Å². The van der Waals surface area contributed by atoms with Gasteiger partial charge in [-0.25, -0.2) is 17.2 Å². The standard InChI is InChI=1S/C21H16Cl2F2N2O3S/c1-13-5-8-15(9-6-13)31(29,30)27(19-4-2-3-16(22)21(19)23)12-20(28)26-14-7-10-17(24)18(25)11-14/h2-11H,12H2,1H3,(H,26,28). The van der Waals surface area contributed by atoms with Crippen LogP contribution in [0.1, 0.15) is 5.56 Å². The molecule has 1 amide bonds. The lowest BCUT2D eigenvalue weighted by atomic mass is 10.2. The van der Waals surface area contributed by atoms with E-state index in [0.717, 1.165) is 28.1 Å². The number of aryl methyl sites for hydroxylation is 1. The molecule has 0 aliphatic carbocycles. The van der Waals surface area contributed by atoms with E-state index in [9.17, 15) is 22.0 Å². The molecule has 0 radical (unpaired) electrons. The first kappa shape index (κ1) is 23.0. The van der Waals surface area contributed by atoms with Gasteiger partial charge in [0, 0.05) is 11.8 Å². The van der Waals surface area contributed by atoms with Crippen LogP contribution in [0, 0.1) is 18.6 Å². The van der Waals surface area contributed by atoms with E-state index < -0.39 is 34.1 Å². The number of halogens is 4. The lowest BCUT2D eigenvalue weighted by molar-refractivity contribution is -0.114. The fourth-order valence-corrected chi connectivity index (χ4v) is 4.61. The topological polar surface area (TPSA) is 66.5 Å². The van der Waals surface area contributed by atoms with Crippen molar-refractivity contribution in [2.75, 3.05) is 16.2 Å². The fraction of sp³-hybridized carbons (Fsp3) is 0.0952. The Balaban J connectivity index is 1.99. The second kappa shape index (κ2) is 9.21. The molecule has 0 bridgehead atoms. The van der Waals surface area contributed by atoms with Crippen molar-refractivity contribution in [2.45, 2.75) is 11.8 Å². The van der Waals surface area contributed by atoms with E-state index >= 15 is 0 Å². The van der Waals surface area contributed by atoms with Gasteiger partial charge in [-0.15, -0.1) is 0 Å². The van der Waals surface area contributed by atoms with Gasteiger partial charge >= 0.3 is 0 Å². The van der Waals surface area contributed by atoms with Crippen molar-refractivity contribution in [1.29, 1.82) is 0 Å². The Bertz CT molecular complexity index is 1240. The van der Waals surface area contributed by atoms with Crippen molar-refractivity contribution >= 4 is 50.5 Å². The van der Waals surface area contributed by atoms with Crippen LogP contribution in [0.2, 0.25) is 10.0 Å². The maximum absolute atomic E-state index is 13.4. The summed E-state index contributed by atoms with van der Waals surface area (Å²) in [6, 6.07) is 13.2. The first-order valence-electron chi connectivity index (χ1n) is 8.88. The van der Waals surface area contributed by atoms with Gasteiger partial charge in [0.2, 0.25) is 5.91 Å². The summed E-state index contributed by atoms with van der Waals surface area (Å²) in [7, 11) is -4.22. The lowest BCUT2D eigenvalue weighted by Crippen LogP contribution is -2.38. The molecular weight excluding hydrogens is 469 g/mol. The number of benzene rings is 3. The molecule has 162 valence electrons. The van der Waals surface area contributed by atoms with Gasteiger partial charge in [-0.2, -0.15) is 0 Å². The summed E-state index contributed by atoms with van der Waals surface area (Å²) in [5.74, 6) is -3.02. The van der Waals surface area contributed by atoms with Crippen LogP contribution in [0.25, 0.3) is 0 Å². The lowest BCUT2D eigenvalue weighted by Gasteiger charge is -2.25. The van der Waals surface area contributed by atoms with Crippen LogP contribution in [-0.2, 0) is 14.8 Å². The highest BCUT2D eigenvalue weighted by atomic mass is 35.5. The predicted molar refractivity (Wildman–Crippen MR) is 117 cm³/mol. The SMILES string of the molecule is Cc1ccc(S(=O)(=O)N(CC(=O)Nc2ccc(F)c(F)c2)c2cccc(Cl)c2Cl)cc1. The fourth-order valence-electron chi connectivity index (χ4n) is 2.73. The minimum absolute atomic E-state index is 0.00446. The monoisotopic (exact) mass is 484 g/mol. The molecule has 3 aromatic carbocycles. The number of sulfonamides is 1. The third kappa shape index (κ3) is 5.15. The Morgan fingerprint density at radius 2 is 1.68 bits per heavy atom. The molecule has 0 unspecified atom stereocenters. The van der Waals surface area contributed by atoms with Crippen LogP contribution < -0.4 is 9.62 Å². The van der Waals surface area contributed by atoms with Gasteiger partial charge in [-0.3, -0.25) is 9.10 Å². The largest absolute Gasteiger partial charge is 0.324 e. The summed E-state index contributed by atoms with van der Waals surface area (Å²) in [5, 5.41) is 2.40. The molecule has 0 aliphatic rings. The number of hydrogen-bond donors (Lipinski definition) is 1. The molecule has 3 rings (SSSR count). The predicted octanol–water partition coefficient (Wildman–Crippen LogP) is 5.41. The molecular formula is C21H16Cl2F2N2O3S. The number of nitrogens with zero attached hydrogens (tertiary/aromatic N) is 1. The summed E-state index contributed by atoms with van der Waals surface area (Å²) < 4.78 is 54.0. The van der Waals surface area contributed by atoms with E-state index in [1.54, 1.807) is 19.1 Å². The van der Waals surface area contributed by atoms with Crippen LogP contribution in [0.3, 0.4) is 0 Å². The van der Waals surface area contributed by atoms with Crippen molar-refractivity contribution in [1.82, 2.24) is 0 Å². The number of amides is 1. The average molecular weight is 485 g/mol. The van der Waals surface area contributed by atoms with E-state index in [1.807, 2.05) is 0 Å². The zero-order valence-corrected chi connectivity index (χ0v) is 18.4. The van der Waals surface area contributed by atoms with Crippen molar-refractivity contribution < 1.29 is 22.0 Å². The quantitative estimate of drug-likeness (QED) is 0.508. The van der Waals surface area contributed by atoms with Crippen molar-refractivity contribution in [3.05, 3.63) is 87.9 Å². The number of carbonyl (C=O) groups excluding carboxylic acids is 1. The molecule has 5 nitrogen and oxygen atoms in total. The summed E-state index contributed by atoms with van der Waals surface area (Å²) in [5.41, 5.74) is 0.811. The average Bonchev–Trinajstić information content (AvgIpc) is 2.71. The smallest absolute Gasteiger partial charge is 0.264 e. The summed E-state index contributed by atoms with van der Waals surface area (Å²) in [6.07, 6.45) is 0. The zero-order chi connectivity index (χ0) is 22.8. The van der Waals surface area contributed by atoms with Crippen LogP contribution in [-0.4, -0.2) is 20.9 Å². The van der Waals surface area contributed by atoms with E-state index in [-0.39, 0.29) is 26.3 Å². The molecule has 0 spiro atoms. The minimum atomic E-state index is -4.22. The van der Waals surface area contributed by atoms with E-state index in [1.165, 1.54) is 30.3 Å². The highest BCUT2D eigenvalue weighted by Crippen LogP contribution is 2.35. The highest BCUT2D eigenvalue weighted by Gasteiger charge is 2.29. The van der Waals surface area contributed by atoms with Crippen molar-refractivity contribution in [3.63, 3.8) is 0 Å². The van der Waals surface area contributed by atoms with Gasteiger partial charge in [-0.1, -0.05) is 47.0 Å². The van der Waals surface area contributed by atoms with E-state index in [2.05, 4.69) is 5.32 Å². The summed E-state index contributed by atoms with van der Waals surface area (Å²) in [6.45, 7) is 1.12. The molecule has 0 saturated carbocycles. The van der Waals surface area contributed by atoms with Gasteiger partial charge in [0.05, 0.1) is 20.6 Å². The molecule has 0 saturated heterocycles. The molecule has 1 N–H and O–H groups in total. The van der Waals surface area contributed by atoms with Crippen LogP contribution in [0.4, 0.5) is 20.2 Å². The number of rotatable bonds is 6. The van der Waals surface area contributed by atoms with Gasteiger partial charge in [0.25, 0.3) is 10.0 Å². The van der Waals surface area contributed by atoms with Crippen LogP contribution in [0.5, 0.6) is 0 Å². The van der Waals surface area contributed by atoms with Crippen LogP contribution >= 0.6 is 23.2 Å². The summed E-state index contributed by atoms with van der Waals surface area (Å²) >= 11 is 12.3. The Hall–Kier alpha value is -2.68.